The molecule has 2 aliphatic heterocycles. The lowest BCUT2D eigenvalue weighted by Crippen LogP contribution is -2.66. The van der Waals surface area contributed by atoms with Crippen LogP contribution in [0.3, 0.4) is 0 Å². The standard InChI is InChI=1S/C24H40N2O2/c1-16(2)6-5-7-17(3)19-8-9-20-18-13-15-25-22(27)10-11-23(28)26(25)21(18)12-14-24(19,20)4/h16-21H,5-15H2,1-4H3/t17-,18?,19-,20?,21?,24-/m1/s1. The molecule has 4 rings (SSSR count). The Bertz CT molecular complexity index is 618. The summed E-state index contributed by atoms with van der Waals surface area (Å²) in [5.41, 5.74) is 0.434. The van der Waals surface area contributed by atoms with Crippen LogP contribution in [0.25, 0.3) is 0 Å². The van der Waals surface area contributed by atoms with E-state index in [1.165, 1.54) is 38.5 Å². The predicted molar refractivity (Wildman–Crippen MR) is 111 cm³/mol. The van der Waals surface area contributed by atoms with Gasteiger partial charge in [0.05, 0.1) is 6.04 Å². The average Bonchev–Trinajstić information content (AvgIpc) is 3.01. The van der Waals surface area contributed by atoms with E-state index in [9.17, 15) is 9.59 Å². The summed E-state index contributed by atoms with van der Waals surface area (Å²) in [6, 6.07) is 0.276. The topological polar surface area (TPSA) is 40.6 Å². The van der Waals surface area contributed by atoms with Crippen LogP contribution in [0, 0.1) is 35.0 Å². The molecule has 2 heterocycles. The summed E-state index contributed by atoms with van der Waals surface area (Å²) < 4.78 is 0. The summed E-state index contributed by atoms with van der Waals surface area (Å²) in [4.78, 5) is 25.0. The largest absolute Gasteiger partial charge is 0.273 e. The van der Waals surface area contributed by atoms with E-state index < -0.39 is 0 Å². The first-order valence-electron chi connectivity index (χ1n) is 11.9. The van der Waals surface area contributed by atoms with Crippen molar-refractivity contribution in [1.82, 2.24) is 10.0 Å². The van der Waals surface area contributed by atoms with E-state index in [1.54, 1.807) is 5.01 Å². The van der Waals surface area contributed by atoms with Gasteiger partial charge in [-0.25, -0.2) is 5.01 Å². The maximum Gasteiger partial charge on any atom is 0.241 e. The SMILES string of the molecule is CC(C)CCC[C@@H](C)[C@H]1CCC2C3CCN4C(=O)CCC(=O)N4C3CC[C@@]21C. The fourth-order valence-corrected chi connectivity index (χ4v) is 7.57. The molecule has 4 heteroatoms. The van der Waals surface area contributed by atoms with Gasteiger partial charge in [-0.3, -0.25) is 14.6 Å². The van der Waals surface area contributed by atoms with Crippen molar-refractivity contribution in [2.45, 2.75) is 97.9 Å². The van der Waals surface area contributed by atoms with Gasteiger partial charge in [0.25, 0.3) is 0 Å². The van der Waals surface area contributed by atoms with Gasteiger partial charge >= 0.3 is 0 Å². The molecule has 4 aliphatic rings. The van der Waals surface area contributed by atoms with Crippen LogP contribution in [0.4, 0.5) is 0 Å². The van der Waals surface area contributed by atoms with Gasteiger partial charge in [0.1, 0.15) is 0 Å². The monoisotopic (exact) mass is 388 g/mol. The second-order valence-electron chi connectivity index (χ2n) is 10.9. The lowest BCUT2D eigenvalue weighted by molar-refractivity contribution is -0.197. The minimum atomic E-state index is 0.162. The second-order valence-corrected chi connectivity index (χ2v) is 10.9. The highest BCUT2D eigenvalue weighted by atomic mass is 16.2. The lowest BCUT2D eigenvalue weighted by Gasteiger charge is -2.57. The minimum absolute atomic E-state index is 0.162. The van der Waals surface area contributed by atoms with Crippen molar-refractivity contribution < 1.29 is 9.59 Å². The molecule has 2 amide bonds. The molecule has 0 spiro atoms. The van der Waals surface area contributed by atoms with Crippen LogP contribution in [0.15, 0.2) is 0 Å². The molecule has 0 radical (unpaired) electrons. The number of fused-ring (bicyclic) bond motifs is 5. The molecule has 4 fully saturated rings. The van der Waals surface area contributed by atoms with Crippen molar-refractivity contribution in [2.24, 2.45) is 35.0 Å². The zero-order chi connectivity index (χ0) is 20.1. The number of carbonyl (C=O) groups is 2. The van der Waals surface area contributed by atoms with Crippen molar-refractivity contribution in [2.75, 3.05) is 6.54 Å². The van der Waals surface area contributed by atoms with Gasteiger partial charge in [0, 0.05) is 19.4 Å². The number of amides is 2. The maximum absolute atomic E-state index is 12.7. The van der Waals surface area contributed by atoms with Crippen molar-refractivity contribution >= 4 is 11.8 Å². The number of hydrogen-bond donors (Lipinski definition) is 0. The van der Waals surface area contributed by atoms with Gasteiger partial charge in [-0.15, -0.1) is 0 Å². The maximum atomic E-state index is 12.7. The smallest absolute Gasteiger partial charge is 0.241 e. The summed E-state index contributed by atoms with van der Waals surface area (Å²) in [5.74, 6) is 4.13. The van der Waals surface area contributed by atoms with E-state index in [1.807, 2.05) is 5.01 Å². The number of carbonyl (C=O) groups excluding carboxylic acids is 2. The molecular weight excluding hydrogens is 348 g/mol. The van der Waals surface area contributed by atoms with Crippen LogP contribution in [0.1, 0.15) is 91.9 Å². The Morgan fingerprint density at radius 2 is 1.75 bits per heavy atom. The molecule has 158 valence electrons. The van der Waals surface area contributed by atoms with Crippen LogP contribution in [-0.4, -0.2) is 34.4 Å². The van der Waals surface area contributed by atoms with Crippen LogP contribution >= 0.6 is 0 Å². The second kappa shape index (κ2) is 7.65. The molecule has 3 unspecified atom stereocenters. The van der Waals surface area contributed by atoms with Crippen molar-refractivity contribution in [3.63, 3.8) is 0 Å². The molecule has 4 nitrogen and oxygen atoms in total. The highest BCUT2D eigenvalue weighted by molar-refractivity contribution is 5.89. The van der Waals surface area contributed by atoms with E-state index in [0.29, 0.717) is 24.2 Å². The van der Waals surface area contributed by atoms with E-state index in [-0.39, 0.29) is 17.9 Å². The Labute approximate surface area is 171 Å². The molecule has 0 aromatic heterocycles. The first-order valence-corrected chi connectivity index (χ1v) is 11.9. The zero-order valence-electron chi connectivity index (χ0n) is 18.5. The zero-order valence-corrected chi connectivity index (χ0v) is 18.5. The summed E-state index contributed by atoms with van der Waals surface area (Å²) in [7, 11) is 0. The van der Waals surface area contributed by atoms with Crippen LogP contribution < -0.4 is 0 Å². The first-order chi connectivity index (χ1) is 13.3. The molecule has 2 saturated carbocycles. The van der Waals surface area contributed by atoms with Crippen molar-refractivity contribution in [1.29, 1.82) is 0 Å². The van der Waals surface area contributed by atoms with Crippen molar-refractivity contribution in [3.8, 4) is 0 Å². The Kier molecular flexibility index (Phi) is 5.52. The Morgan fingerprint density at radius 1 is 1.00 bits per heavy atom. The van der Waals surface area contributed by atoms with Crippen molar-refractivity contribution in [3.05, 3.63) is 0 Å². The fraction of sp³-hybridized carbons (Fsp3) is 0.917. The average molecular weight is 389 g/mol. The summed E-state index contributed by atoms with van der Waals surface area (Å²) >= 11 is 0. The van der Waals surface area contributed by atoms with Gasteiger partial charge < -0.3 is 0 Å². The molecular formula is C24H40N2O2. The minimum Gasteiger partial charge on any atom is -0.273 e. The van der Waals surface area contributed by atoms with Gasteiger partial charge in [-0.05, 0) is 67.1 Å². The van der Waals surface area contributed by atoms with E-state index >= 15 is 0 Å². The number of rotatable bonds is 5. The number of hydrazine groups is 1. The molecule has 2 saturated heterocycles. The Balaban J connectivity index is 1.47. The third-order valence-electron chi connectivity index (χ3n) is 8.95. The number of nitrogens with zero attached hydrogens (tertiary/aromatic N) is 2. The van der Waals surface area contributed by atoms with Gasteiger partial charge in [0.15, 0.2) is 0 Å². The molecule has 0 aromatic rings. The van der Waals surface area contributed by atoms with E-state index in [2.05, 4.69) is 27.7 Å². The molecule has 0 N–H and O–H groups in total. The normalized spacial score (nSPS) is 39.0. The molecule has 6 atom stereocenters. The highest BCUT2D eigenvalue weighted by Gasteiger charge is 2.58. The molecule has 2 aliphatic carbocycles. The predicted octanol–water partition coefficient (Wildman–Crippen LogP) is 5.03. The molecule has 0 bridgehead atoms. The van der Waals surface area contributed by atoms with Crippen LogP contribution in [0.2, 0.25) is 0 Å². The van der Waals surface area contributed by atoms with Crippen LogP contribution in [0.5, 0.6) is 0 Å². The first kappa shape index (κ1) is 20.2. The molecule has 28 heavy (non-hydrogen) atoms. The molecule has 0 aromatic carbocycles. The third kappa shape index (κ3) is 3.29. The summed E-state index contributed by atoms with van der Waals surface area (Å²) in [6.45, 7) is 10.5. The lowest BCUT2D eigenvalue weighted by atomic mass is 9.56. The summed E-state index contributed by atoms with van der Waals surface area (Å²) in [6.07, 6.45) is 11.0. The van der Waals surface area contributed by atoms with E-state index in [4.69, 9.17) is 0 Å². The number of hydrogen-bond acceptors (Lipinski definition) is 2. The highest BCUT2D eigenvalue weighted by Crippen LogP contribution is 2.62. The van der Waals surface area contributed by atoms with Gasteiger partial charge in [-0.2, -0.15) is 0 Å². The quantitative estimate of drug-likeness (QED) is 0.663. The Hall–Kier alpha value is -1.06. The fourth-order valence-electron chi connectivity index (χ4n) is 7.57. The Morgan fingerprint density at radius 3 is 2.50 bits per heavy atom. The van der Waals surface area contributed by atoms with Gasteiger partial charge in [-0.1, -0.05) is 47.0 Å². The van der Waals surface area contributed by atoms with E-state index in [0.717, 1.165) is 43.1 Å². The third-order valence-corrected chi connectivity index (χ3v) is 8.95. The summed E-state index contributed by atoms with van der Waals surface area (Å²) in [5, 5.41) is 3.72. The van der Waals surface area contributed by atoms with Crippen LogP contribution in [-0.2, 0) is 9.59 Å². The van der Waals surface area contributed by atoms with Gasteiger partial charge in [0.2, 0.25) is 11.8 Å².